The number of imidazole rings is 1. The third kappa shape index (κ3) is 5.27. The zero-order chi connectivity index (χ0) is 19.1. The molecule has 8 heteroatoms. The van der Waals surface area contributed by atoms with E-state index in [1.165, 1.54) is 4.68 Å². The average Bonchev–Trinajstić information content (AvgIpc) is 3.30. The van der Waals surface area contributed by atoms with E-state index in [0.29, 0.717) is 12.4 Å². The molecule has 0 aliphatic rings. The van der Waals surface area contributed by atoms with Crippen LogP contribution in [0.2, 0.25) is 0 Å². The number of nitrogens with one attached hydrogen (secondary N) is 2. The van der Waals surface area contributed by atoms with Crippen LogP contribution in [0.1, 0.15) is 22.5 Å². The summed E-state index contributed by atoms with van der Waals surface area (Å²) in [5, 5.41) is 9.80. The molecule has 0 spiro atoms. The van der Waals surface area contributed by atoms with Gasteiger partial charge in [0.2, 0.25) is 5.91 Å². The lowest BCUT2D eigenvalue weighted by atomic mass is 10.1. The standard InChI is InChI=1S/C19H22N6O2/c1-24-17(22-18(26)12-15-6-3-2-4-7-15)13-16(23-24)19(27)21-8-5-10-25-11-9-20-14-25/h2-4,6-7,9,11,13-14H,5,8,10,12H2,1H3,(H,21,27)(H,22,26). The van der Waals surface area contributed by atoms with E-state index in [4.69, 9.17) is 0 Å². The summed E-state index contributed by atoms with van der Waals surface area (Å²) in [5.74, 6) is 0.0655. The van der Waals surface area contributed by atoms with Crippen molar-refractivity contribution in [3.8, 4) is 0 Å². The third-order valence-corrected chi connectivity index (χ3v) is 4.03. The number of benzene rings is 1. The Balaban J connectivity index is 1.49. The molecule has 27 heavy (non-hydrogen) atoms. The lowest BCUT2D eigenvalue weighted by Crippen LogP contribution is -2.25. The van der Waals surface area contributed by atoms with Gasteiger partial charge in [-0.2, -0.15) is 5.10 Å². The molecular formula is C19H22N6O2. The van der Waals surface area contributed by atoms with Crippen molar-refractivity contribution in [2.24, 2.45) is 7.05 Å². The van der Waals surface area contributed by atoms with Gasteiger partial charge in [-0.05, 0) is 12.0 Å². The highest BCUT2D eigenvalue weighted by atomic mass is 16.2. The average molecular weight is 366 g/mol. The third-order valence-electron chi connectivity index (χ3n) is 4.03. The highest BCUT2D eigenvalue weighted by Crippen LogP contribution is 2.10. The number of anilines is 1. The maximum atomic E-state index is 12.2. The first-order valence-electron chi connectivity index (χ1n) is 8.73. The van der Waals surface area contributed by atoms with Gasteiger partial charge in [-0.3, -0.25) is 14.3 Å². The van der Waals surface area contributed by atoms with Gasteiger partial charge in [-0.1, -0.05) is 30.3 Å². The van der Waals surface area contributed by atoms with Crippen LogP contribution in [0, 0.1) is 0 Å². The highest BCUT2D eigenvalue weighted by Gasteiger charge is 2.14. The number of amides is 2. The van der Waals surface area contributed by atoms with Crippen LogP contribution in [0.15, 0.2) is 55.1 Å². The van der Waals surface area contributed by atoms with Gasteiger partial charge >= 0.3 is 0 Å². The minimum Gasteiger partial charge on any atom is -0.351 e. The molecule has 3 rings (SSSR count). The van der Waals surface area contributed by atoms with Crippen molar-refractivity contribution in [2.75, 3.05) is 11.9 Å². The van der Waals surface area contributed by atoms with Gasteiger partial charge in [0.1, 0.15) is 5.82 Å². The number of rotatable bonds is 8. The highest BCUT2D eigenvalue weighted by molar-refractivity contribution is 5.95. The topological polar surface area (TPSA) is 93.8 Å². The number of nitrogens with zero attached hydrogens (tertiary/aromatic N) is 4. The van der Waals surface area contributed by atoms with E-state index in [9.17, 15) is 9.59 Å². The van der Waals surface area contributed by atoms with Gasteiger partial charge < -0.3 is 15.2 Å². The minimum atomic E-state index is -0.264. The summed E-state index contributed by atoms with van der Waals surface area (Å²) in [4.78, 5) is 28.4. The fraction of sp³-hybridized carbons (Fsp3) is 0.263. The summed E-state index contributed by atoms with van der Waals surface area (Å²) in [6, 6.07) is 11.1. The maximum Gasteiger partial charge on any atom is 0.271 e. The van der Waals surface area contributed by atoms with Gasteiger partial charge in [-0.25, -0.2) is 4.98 Å². The Labute approximate surface area is 157 Å². The molecule has 2 aromatic heterocycles. The second-order valence-electron chi connectivity index (χ2n) is 6.16. The summed E-state index contributed by atoms with van der Waals surface area (Å²) in [6.45, 7) is 1.31. The monoisotopic (exact) mass is 366 g/mol. The van der Waals surface area contributed by atoms with Crippen LogP contribution in [0.3, 0.4) is 0 Å². The summed E-state index contributed by atoms with van der Waals surface area (Å²) < 4.78 is 3.44. The fourth-order valence-corrected chi connectivity index (χ4v) is 2.64. The normalized spacial score (nSPS) is 10.6. The van der Waals surface area contributed by atoms with E-state index in [2.05, 4.69) is 20.7 Å². The second kappa shape index (κ2) is 8.79. The smallest absolute Gasteiger partial charge is 0.271 e. The zero-order valence-corrected chi connectivity index (χ0v) is 15.1. The largest absolute Gasteiger partial charge is 0.351 e. The molecule has 8 nitrogen and oxygen atoms in total. The first-order chi connectivity index (χ1) is 13.1. The van der Waals surface area contributed by atoms with Crippen LogP contribution in [0.5, 0.6) is 0 Å². The van der Waals surface area contributed by atoms with Crippen LogP contribution < -0.4 is 10.6 Å². The molecule has 1 aromatic carbocycles. The van der Waals surface area contributed by atoms with Crippen molar-refractivity contribution >= 4 is 17.6 Å². The van der Waals surface area contributed by atoms with Crippen molar-refractivity contribution in [1.82, 2.24) is 24.6 Å². The number of hydrogen-bond acceptors (Lipinski definition) is 4. The predicted molar refractivity (Wildman–Crippen MR) is 101 cm³/mol. The molecule has 0 unspecified atom stereocenters. The van der Waals surface area contributed by atoms with Crippen LogP contribution in [-0.4, -0.2) is 37.7 Å². The number of aromatic nitrogens is 4. The molecule has 0 saturated carbocycles. The van der Waals surface area contributed by atoms with Crippen LogP contribution >= 0.6 is 0 Å². The fourth-order valence-electron chi connectivity index (χ4n) is 2.64. The molecule has 2 amide bonds. The summed E-state index contributed by atoms with van der Waals surface area (Å²) in [6.07, 6.45) is 6.40. The maximum absolute atomic E-state index is 12.2. The lowest BCUT2D eigenvalue weighted by molar-refractivity contribution is -0.115. The van der Waals surface area contributed by atoms with E-state index in [-0.39, 0.29) is 23.9 Å². The van der Waals surface area contributed by atoms with Gasteiger partial charge in [0.25, 0.3) is 5.91 Å². The van der Waals surface area contributed by atoms with Crippen molar-refractivity contribution in [2.45, 2.75) is 19.4 Å². The molecule has 0 fully saturated rings. The second-order valence-corrected chi connectivity index (χ2v) is 6.16. The van der Waals surface area contributed by atoms with E-state index < -0.39 is 0 Å². The predicted octanol–water partition coefficient (Wildman–Crippen LogP) is 1.62. The molecule has 0 radical (unpaired) electrons. The van der Waals surface area contributed by atoms with Crippen LogP contribution in [0.25, 0.3) is 0 Å². The summed E-state index contributed by atoms with van der Waals surface area (Å²) in [7, 11) is 1.69. The first kappa shape index (κ1) is 18.4. The molecule has 3 aromatic rings. The van der Waals surface area contributed by atoms with Crippen molar-refractivity contribution < 1.29 is 9.59 Å². The Morgan fingerprint density at radius 2 is 2.00 bits per heavy atom. The van der Waals surface area contributed by atoms with E-state index >= 15 is 0 Å². The summed E-state index contributed by atoms with van der Waals surface area (Å²) >= 11 is 0. The summed E-state index contributed by atoms with van der Waals surface area (Å²) in [5.41, 5.74) is 1.20. The minimum absolute atomic E-state index is 0.156. The van der Waals surface area contributed by atoms with E-state index in [1.54, 1.807) is 25.6 Å². The molecule has 0 bridgehead atoms. The number of aryl methyl sites for hydroxylation is 2. The lowest BCUT2D eigenvalue weighted by Gasteiger charge is -2.04. The van der Waals surface area contributed by atoms with Crippen LogP contribution in [-0.2, 0) is 24.8 Å². The quantitative estimate of drug-likeness (QED) is 0.593. The first-order valence-corrected chi connectivity index (χ1v) is 8.73. The van der Waals surface area contributed by atoms with Crippen LogP contribution in [0.4, 0.5) is 5.82 Å². The Bertz CT molecular complexity index is 886. The number of carbonyl (C=O) groups is 2. The molecule has 0 aliphatic heterocycles. The Hall–Kier alpha value is -3.42. The molecule has 0 atom stereocenters. The van der Waals surface area contributed by atoms with Gasteiger partial charge in [-0.15, -0.1) is 0 Å². The van der Waals surface area contributed by atoms with Crippen molar-refractivity contribution in [3.05, 3.63) is 66.4 Å². The molecular weight excluding hydrogens is 344 g/mol. The molecule has 0 aliphatic carbocycles. The van der Waals surface area contributed by atoms with E-state index in [1.807, 2.05) is 41.1 Å². The Morgan fingerprint density at radius 1 is 1.19 bits per heavy atom. The Morgan fingerprint density at radius 3 is 2.74 bits per heavy atom. The van der Waals surface area contributed by atoms with Crippen molar-refractivity contribution in [1.29, 1.82) is 0 Å². The number of carbonyl (C=O) groups excluding carboxylic acids is 2. The Kier molecular flexibility index (Phi) is 5.98. The van der Waals surface area contributed by atoms with E-state index in [0.717, 1.165) is 18.5 Å². The number of hydrogen-bond donors (Lipinski definition) is 2. The van der Waals surface area contributed by atoms with Gasteiger partial charge in [0, 0.05) is 38.6 Å². The van der Waals surface area contributed by atoms with Gasteiger partial charge in [0.05, 0.1) is 12.7 Å². The molecule has 2 heterocycles. The molecule has 2 N–H and O–H groups in total. The van der Waals surface area contributed by atoms with Crippen molar-refractivity contribution in [3.63, 3.8) is 0 Å². The SMILES string of the molecule is Cn1nc(C(=O)NCCCn2ccnc2)cc1NC(=O)Cc1ccccc1. The zero-order valence-electron chi connectivity index (χ0n) is 15.1. The van der Waals surface area contributed by atoms with Gasteiger partial charge in [0.15, 0.2) is 5.69 Å². The molecule has 0 saturated heterocycles. The molecule has 140 valence electrons.